The number of nitrogens with two attached hydrogens (primary N) is 1. The molecule has 0 saturated carbocycles. The van der Waals surface area contributed by atoms with Crippen LogP contribution in [-0.4, -0.2) is 55.7 Å². The number of nitrogen functional groups attached to an aromatic ring is 1. The number of nitrogens with zero attached hydrogens (tertiary/aromatic N) is 2. The lowest BCUT2D eigenvalue weighted by Gasteiger charge is -2.49. The molecule has 11 heteroatoms. The fourth-order valence-corrected chi connectivity index (χ4v) is 6.77. The highest BCUT2D eigenvalue weighted by Gasteiger charge is 2.54. The standard InChI is InChI=1S/C20H20N4O4S3/c1-10-7-30-20(22-10)31-9-12-8-29-18-15(17(26)24(18)16(12)19(27)28)23-14(25)6-11-4-2-3-5-13(11)21/h2-5,7,15,18H,6,8-9,21H2,1H3,(H,23,25)(H,27,28)/t15?,18-/m0/s1. The van der Waals surface area contributed by atoms with Crippen LogP contribution in [0.1, 0.15) is 11.3 Å². The second kappa shape index (κ2) is 8.93. The van der Waals surface area contributed by atoms with Gasteiger partial charge in [-0.3, -0.25) is 14.5 Å². The molecule has 2 amide bonds. The van der Waals surface area contributed by atoms with Crippen LogP contribution in [0.3, 0.4) is 0 Å². The van der Waals surface area contributed by atoms with Gasteiger partial charge >= 0.3 is 5.97 Å². The molecular weight excluding hydrogens is 456 g/mol. The number of carbonyl (C=O) groups excluding carboxylic acids is 2. The molecule has 2 aromatic rings. The quantitative estimate of drug-likeness (QED) is 0.315. The Bertz CT molecular complexity index is 1080. The molecule has 1 aromatic heterocycles. The van der Waals surface area contributed by atoms with Gasteiger partial charge in [0.2, 0.25) is 5.91 Å². The number of nitrogens with one attached hydrogen (secondary N) is 1. The van der Waals surface area contributed by atoms with E-state index in [1.54, 1.807) is 24.3 Å². The number of aromatic nitrogens is 1. The van der Waals surface area contributed by atoms with E-state index in [2.05, 4.69) is 10.3 Å². The third-order valence-electron chi connectivity index (χ3n) is 4.94. The van der Waals surface area contributed by atoms with Gasteiger partial charge in [0.05, 0.1) is 6.42 Å². The summed E-state index contributed by atoms with van der Waals surface area (Å²) in [5.41, 5.74) is 8.70. The number of carboxylic acids is 1. The molecule has 1 saturated heterocycles. The zero-order chi connectivity index (χ0) is 22.1. The molecule has 2 aliphatic heterocycles. The van der Waals surface area contributed by atoms with E-state index >= 15 is 0 Å². The molecule has 1 fully saturated rings. The summed E-state index contributed by atoms with van der Waals surface area (Å²) in [6, 6.07) is 6.31. The molecule has 31 heavy (non-hydrogen) atoms. The maximum Gasteiger partial charge on any atom is 0.352 e. The fraction of sp³-hybridized carbons (Fsp3) is 0.300. The highest BCUT2D eigenvalue weighted by molar-refractivity contribution is 8.01. The van der Waals surface area contributed by atoms with E-state index in [9.17, 15) is 19.5 Å². The van der Waals surface area contributed by atoms with Crippen LogP contribution in [0.15, 0.2) is 45.3 Å². The zero-order valence-electron chi connectivity index (χ0n) is 16.5. The van der Waals surface area contributed by atoms with Gasteiger partial charge in [0, 0.05) is 28.3 Å². The summed E-state index contributed by atoms with van der Waals surface area (Å²) in [7, 11) is 0. The number of rotatable bonds is 7. The summed E-state index contributed by atoms with van der Waals surface area (Å²) in [5.74, 6) is -0.936. The topological polar surface area (TPSA) is 126 Å². The lowest BCUT2D eigenvalue weighted by molar-refractivity contribution is -0.150. The van der Waals surface area contributed by atoms with E-state index < -0.39 is 23.3 Å². The number of aryl methyl sites for hydroxylation is 1. The van der Waals surface area contributed by atoms with Crippen molar-refractivity contribution in [3.8, 4) is 0 Å². The van der Waals surface area contributed by atoms with Crippen molar-refractivity contribution in [2.75, 3.05) is 17.2 Å². The number of carboxylic acid groups (broad SMARTS) is 1. The largest absolute Gasteiger partial charge is 0.477 e. The first-order valence-electron chi connectivity index (χ1n) is 9.43. The normalized spacial score (nSPS) is 20.3. The second-order valence-electron chi connectivity index (χ2n) is 7.13. The van der Waals surface area contributed by atoms with Gasteiger partial charge in [-0.1, -0.05) is 30.0 Å². The van der Waals surface area contributed by atoms with Gasteiger partial charge < -0.3 is 16.2 Å². The number of hydrogen-bond acceptors (Lipinski definition) is 8. The second-order valence-corrected chi connectivity index (χ2v) is 10.3. The molecule has 2 atom stereocenters. The Morgan fingerprint density at radius 3 is 2.84 bits per heavy atom. The lowest BCUT2D eigenvalue weighted by atomic mass is 10.0. The Morgan fingerprint density at radius 2 is 2.16 bits per heavy atom. The van der Waals surface area contributed by atoms with Gasteiger partial charge in [0.25, 0.3) is 5.91 Å². The highest BCUT2D eigenvalue weighted by atomic mass is 32.2. The van der Waals surface area contributed by atoms with E-state index in [1.165, 1.54) is 39.8 Å². The summed E-state index contributed by atoms with van der Waals surface area (Å²) < 4.78 is 0.863. The summed E-state index contributed by atoms with van der Waals surface area (Å²) in [6.45, 7) is 1.91. The summed E-state index contributed by atoms with van der Waals surface area (Å²) in [6.07, 6.45) is 0.0601. The number of benzene rings is 1. The van der Waals surface area contributed by atoms with Crippen molar-refractivity contribution in [2.45, 2.75) is 29.1 Å². The van der Waals surface area contributed by atoms with Crippen molar-refractivity contribution in [1.82, 2.24) is 15.2 Å². The lowest BCUT2D eigenvalue weighted by Crippen LogP contribution is -2.70. The Balaban J connectivity index is 1.43. The Morgan fingerprint density at radius 1 is 1.39 bits per heavy atom. The molecule has 162 valence electrons. The third kappa shape index (κ3) is 4.43. The van der Waals surface area contributed by atoms with Crippen LogP contribution in [0.2, 0.25) is 0 Å². The molecule has 2 aliphatic rings. The average Bonchev–Trinajstić information content (AvgIpc) is 3.16. The van der Waals surface area contributed by atoms with Crippen molar-refractivity contribution in [2.24, 2.45) is 0 Å². The van der Waals surface area contributed by atoms with Crippen molar-refractivity contribution in [3.05, 3.63) is 52.2 Å². The summed E-state index contributed by atoms with van der Waals surface area (Å²) in [4.78, 5) is 42.8. The predicted molar refractivity (Wildman–Crippen MR) is 122 cm³/mol. The monoisotopic (exact) mass is 476 g/mol. The van der Waals surface area contributed by atoms with Crippen LogP contribution in [0.5, 0.6) is 0 Å². The van der Waals surface area contributed by atoms with Crippen LogP contribution < -0.4 is 11.1 Å². The number of amides is 2. The van der Waals surface area contributed by atoms with Gasteiger partial charge in [-0.25, -0.2) is 9.78 Å². The number of fused-ring (bicyclic) bond motifs is 1. The minimum atomic E-state index is -1.13. The zero-order valence-corrected chi connectivity index (χ0v) is 19.0. The van der Waals surface area contributed by atoms with E-state index in [-0.39, 0.29) is 18.0 Å². The maximum absolute atomic E-state index is 12.7. The Labute approximate surface area is 191 Å². The van der Waals surface area contributed by atoms with Crippen molar-refractivity contribution >= 4 is 58.3 Å². The van der Waals surface area contributed by atoms with E-state index in [0.717, 1.165) is 10.0 Å². The molecule has 0 bridgehead atoms. The molecule has 0 aliphatic carbocycles. The summed E-state index contributed by atoms with van der Waals surface area (Å²) in [5, 5.41) is 14.0. The molecular formula is C20H20N4O4S3. The van der Waals surface area contributed by atoms with Crippen LogP contribution >= 0.6 is 34.9 Å². The van der Waals surface area contributed by atoms with Gasteiger partial charge in [-0.05, 0) is 24.1 Å². The number of hydrogen-bond donors (Lipinski definition) is 3. The molecule has 4 N–H and O–H groups in total. The average molecular weight is 477 g/mol. The van der Waals surface area contributed by atoms with Gasteiger partial charge in [0.1, 0.15) is 21.5 Å². The number of para-hydroxylation sites is 1. The van der Waals surface area contributed by atoms with E-state index in [4.69, 9.17) is 5.73 Å². The SMILES string of the molecule is Cc1csc(SCC2=C(C(=O)O)N3C(=O)C(NC(=O)Cc4ccccc4N)[C@@H]3SC2)n1. The van der Waals surface area contributed by atoms with Crippen LogP contribution in [-0.2, 0) is 20.8 Å². The Kier molecular flexibility index (Phi) is 6.26. The number of β-lactam (4-membered cyclic amide) rings is 1. The molecule has 4 rings (SSSR count). The number of carbonyl (C=O) groups is 3. The number of anilines is 1. The number of thioether (sulfide) groups is 2. The van der Waals surface area contributed by atoms with Gasteiger partial charge in [0.15, 0.2) is 0 Å². The van der Waals surface area contributed by atoms with Crippen molar-refractivity contribution in [1.29, 1.82) is 0 Å². The minimum Gasteiger partial charge on any atom is -0.477 e. The van der Waals surface area contributed by atoms with E-state index in [0.29, 0.717) is 28.3 Å². The molecule has 0 spiro atoms. The molecule has 3 heterocycles. The third-order valence-corrected chi connectivity index (χ3v) is 8.51. The molecule has 1 aromatic carbocycles. The first-order chi connectivity index (χ1) is 14.8. The molecule has 0 radical (unpaired) electrons. The van der Waals surface area contributed by atoms with Crippen LogP contribution in [0.25, 0.3) is 0 Å². The van der Waals surface area contributed by atoms with Crippen LogP contribution in [0, 0.1) is 6.92 Å². The van der Waals surface area contributed by atoms with Gasteiger partial charge in [-0.2, -0.15) is 0 Å². The number of aliphatic carboxylic acids is 1. The molecule has 1 unspecified atom stereocenters. The maximum atomic E-state index is 12.7. The first-order valence-corrected chi connectivity index (χ1v) is 12.3. The minimum absolute atomic E-state index is 0.0207. The van der Waals surface area contributed by atoms with Gasteiger partial charge in [-0.15, -0.1) is 23.1 Å². The summed E-state index contributed by atoms with van der Waals surface area (Å²) >= 11 is 4.44. The van der Waals surface area contributed by atoms with Crippen molar-refractivity contribution < 1.29 is 19.5 Å². The van der Waals surface area contributed by atoms with Crippen LogP contribution in [0.4, 0.5) is 5.69 Å². The molecule has 8 nitrogen and oxygen atoms in total. The highest BCUT2D eigenvalue weighted by Crippen LogP contribution is 2.41. The Hall–Kier alpha value is -2.50. The van der Waals surface area contributed by atoms with Crippen molar-refractivity contribution in [3.63, 3.8) is 0 Å². The smallest absolute Gasteiger partial charge is 0.352 e. The fourth-order valence-electron chi connectivity index (χ4n) is 3.43. The predicted octanol–water partition coefficient (Wildman–Crippen LogP) is 2.11. The number of thiazole rings is 1. The first kappa shape index (κ1) is 21.7. The van der Waals surface area contributed by atoms with E-state index in [1.807, 2.05) is 12.3 Å².